The zero-order valence-corrected chi connectivity index (χ0v) is 12.6. The first kappa shape index (κ1) is 14.5. The summed E-state index contributed by atoms with van der Waals surface area (Å²) >= 11 is 0. The van der Waals surface area contributed by atoms with Crippen molar-refractivity contribution in [3.05, 3.63) is 54.6 Å². The van der Waals surface area contributed by atoms with Crippen LogP contribution >= 0.6 is 0 Å². The van der Waals surface area contributed by atoms with Crippen molar-refractivity contribution in [2.75, 3.05) is 6.54 Å². The fourth-order valence-electron chi connectivity index (χ4n) is 3.08. The van der Waals surface area contributed by atoms with Gasteiger partial charge in [0.15, 0.2) is 0 Å². The largest absolute Gasteiger partial charge is 0.337 e. The molecule has 2 atom stereocenters. The molecule has 2 aromatic rings. The number of hydrogen-bond donors (Lipinski definition) is 0. The smallest absolute Gasteiger partial charge is 0.290 e. The summed E-state index contributed by atoms with van der Waals surface area (Å²) in [6.07, 6.45) is 6.19. The van der Waals surface area contributed by atoms with Crippen molar-refractivity contribution in [3.8, 4) is 0 Å². The Hall–Kier alpha value is -2.43. The van der Waals surface area contributed by atoms with Crippen molar-refractivity contribution >= 4 is 11.7 Å². The fourth-order valence-corrected chi connectivity index (χ4v) is 3.08. The van der Waals surface area contributed by atoms with Crippen molar-refractivity contribution in [1.29, 1.82) is 0 Å². The Kier molecular flexibility index (Phi) is 4.04. The Morgan fingerprint density at radius 1 is 1.14 bits per heavy atom. The molecule has 5 heteroatoms. The molecule has 1 aromatic carbocycles. The van der Waals surface area contributed by atoms with E-state index >= 15 is 0 Å². The van der Waals surface area contributed by atoms with Crippen LogP contribution in [0.3, 0.4) is 0 Å². The number of Topliss-reactive ketones (excluding diaryl/α,β-unsaturated/α-hetero) is 1. The minimum absolute atomic E-state index is 0.149. The van der Waals surface area contributed by atoms with Crippen LogP contribution in [0.2, 0.25) is 0 Å². The molecule has 22 heavy (non-hydrogen) atoms. The van der Waals surface area contributed by atoms with Crippen molar-refractivity contribution in [1.82, 2.24) is 14.5 Å². The number of rotatable bonds is 5. The third kappa shape index (κ3) is 2.66. The van der Waals surface area contributed by atoms with Crippen LogP contribution in [0.1, 0.15) is 24.9 Å². The van der Waals surface area contributed by atoms with Crippen molar-refractivity contribution < 1.29 is 9.59 Å². The fraction of sp³-hybridized carbons (Fsp3) is 0.353. The number of ketones is 1. The van der Waals surface area contributed by atoms with Gasteiger partial charge in [0.1, 0.15) is 0 Å². The summed E-state index contributed by atoms with van der Waals surface area (Å²) in [7, 11) is 0. The highest BCUT2D eigenvalue weighted by Crippen LogP contribution is 2.35. The SMILES string of the molecule is CC1C(=O)C(=O)N(CCCn2ccnc2)C1c1ccccc1. The summed E-state index contributed by atoms with van der Waals surface area (Å²) in [6, 6.07) is 9.64. The standard InChI is InChI=1S/C17H19N3O2/c1-13-15(14-6-3-2-4-7-14)20(17(22)16(13)21)10-5-9-19-11-8-18-12-19/h2-4,6-8,11-13,15H,5,9-10H2,1H3. The van der Waals surface area contributed by atoms with Gasteiger partial charge in [0.25, 0.3) is 5.91 Å². The average Bonchev–Trinajstić information content (AvgIpc) is 3.12. The van der Waals surface area contributed by atoms with Gasteiger partial charge in [0, 0.05) is 31.4 Å². The molecule has 0 aliphatic carbocycles. The van der Waals surface area contributed by atoms with Gasteiger partial charge in [-0.1, -0.05) is 37.3 Å². The van der Waals surface area contributed by atoms with Gasteiger partial charge in [-0.15, -0.1) is 0 Å². The minimum atomic E-state index is -0.355. The van der Waals surface area contributed by atoms with E-state index in [9.17, 15) is 9.59 Å². The molecule has 1 aliphatic heterocycles. The normalized spacial score (nSPS) is 21.6. The molecule has 2 heterocycles. The maximum atomic E-state index is 12.2. The first-order chi connectivity index (χ1) is 10.7. The average molecular weight is 297 g/mol. The molecule has 0 saturated carbocycles. The maximum Gasteiger partial charge on any atom is 0.290 e. The Labute approximate surface area is 129 Å². The summed E-state index contributed by atoms with van der Waals surface area (Å²) in [5.74, 6) is -0.924. The molecule has 1 saturated heterocycles. The Balaban J connectivity index is 1.74. The van der Waals surface area contributed by atoms with Gasteiger partial charge in [-0.25, -0.2) is 4.98 Å². The molecule has 5 nitrogen and oxygen atoms in total. The molecule has 2 unspecified atom stereocenters. The summed E-state index contributed by atoms with van der Waals surface area (Å²) in [5, 5.41) is 0. The molecule has 114 valence electrons. The molecular formula is C17H19N3O2. The first-order valence-electron chi connectivity index (χ1n) is 7.54. The van der Waals surface area contributed by atoms with Gasteiger partial charge in [-0.05, 0) is 12.0 Å². The second kappa shape index (κ2) is 6.13. The number of carbonyl (C=O) groups is 2. The van der Waals surface area contributed by atoms with E-state index in [1.807, 2.05) is 48.0 Å². The molecule has 0 radical (unpaired) electrons. The quantitative estimate of drug-likeness (QED) is 0.794. The second-order valence-electron chi connectivity index (χ2n) is 5.66. The lowest BCUT2D eigenvalue weighted by atomic mass is 9.95. The number of hydrogen-bond acceptors (Lipinski definition) is 3. The van der Waals surface area contributed by atoms with Gasteiger partial charge in [-0.3, -0.25) is 9.59 Å². The highest BCUT2D eigenvalue weighted by atomic mass is 16.2. The second-order valence-corrected chi connectivity index (χ2v) is 5.66. The van der Waals surface area contributed by atoms with Crippen LogP contribution in [0, 0.1) is 5.92 Å². The van der Waals surface area contributed by atoms with Gasteiger partial charge >= 0.3 is 0 Å². The molecule has 1 aromatic heterocycles. The molecular weight excluding hydrogens is 278 g/mol. The van der Waals surface area contributed by atoms with Crippen LogP contribution in [0.5, 0.6) is 0 Å². The predicted octanol–water partition coefficient (Wildman–Crippen LogP) is 2.06. The van der Waals surface area contributed by atoms with E-state index < -0.39 is 0 Å². The minimum Gasteiger partial charge on any atom is -0.337 e. The molecule has 1 fully saturated rings. The number of aryl methyl sites for hydroxylation is 1. The summed E-state index contributed by atoms with van der Waals surface area (Å²) in [5.41, 5.74) is 1.02. The Morgan fingerprint density at radius 2 is 1.91 bits per heavy atom. The molecule has 0 N–H and O–H groups in total. The monoisotopic (exact) mass is 297 g/mol. The molecule has 0 bridgehead atoms. The van der Waals surface area contributed by atoms with E-state index in [0.29, 0.717) is 6.54 Å². The summed E-state index contributed by atoms with van der Waals surface area (Å²) < 4.78 is 1.98. The third-order valence-corrected chi connectivity index (χ3v) is 4.21. The summed E-state index contributed by atoms with van der Waals surface area (Å²) in [4.78, 5) is 30.1. The maximum absolute atomic E-state index is 12.2. The summed E-state index contributed by atoms with van der Waals surface area (Å²) in [6.45, 7) is 3.20. The molecule has 0 spiro atoms. The van der Waals surface area contributed by atoms with Crippen molar-refractivity contribution in [2.24, 2.45) is 5.92 Å². The first-order valence-corrected chi connectivity index (χ1v) is 7.54. The van der Waals surface area contributed by atoms with Crippen LogP contribution in [-0.4, -0.2) is 32.7 Å². The number of amides is 1. The Bertz CT molecular complexity index is 652. The number of carbonyl (C=O) groups excluding carboxylic acids is 2. The Morgan fingerprint density at radius 3 is 2.59 bits per heavy atom. The van der Waals surface area contributed by atoms with E-state index in [-0.39, 0.29) is 23.7 Å². The lowest BCUT2D eigenvalue weighted by Crippen LogP contribution is -2.31. The van der Waals surface area contributed by atoms with Crippen LogP contribution < -0.4 is 0 Å². The third-order valence-electron chi connectivity index (χ3n) is 4.21. The van der Waals surface area contributed by atoms with Gasteiger partial charge in [-0.2, -0.15) is 0 Å². The highest BCUT2D eigenvalue weighted by Gasteiger charge is 2.44. The van der Waals surface area contributed by atoms with E-state index in [1.165, 1.54) is 0 Å². The number of benzene rings is 1. The van der Waals surface area contributed by atoms with E-state index in [2.05, 4.69) is 4.98 Å². The van der Waals surface area contributed by atoms with E-state index in [1.54, 1.807) is 17.4 Å². The number of aromatic nitrogens is 2. The molecule has 1 aliphatic rings. The lowest BCUT2D eigenvalue weighted by Gasteiger charge is -2.26. The van der Waals surface area contributed by atoms with Gasteiger partial charge in [0.2, 0.25) is 5.78 Å². The van der Waals surface area contributed by atoms with Crippen molar-refractivity contribution in [2.45, 2.75) is 25.9 Å². The van der Waals surface area contributed by atoms with Crippen LogP contribution in [-0.2, 0) is 16.1 Å². The van der Waals surface area contributed by atoms with Crippen LogP contribution in [0.4, 0.5) is 0 Å². The molecule has 1 amide bonds. The van der Waals surface area contributed by atoms with Crippen LogP contribution in [0.25, 0.3) is 0 Å². The van der Waals surface area contributed by atoms with Crippen molar-refractivity contribution in [3.63, 3.8) is 0 Å². The van der Waals surface area contributed by atoms with E-state index in [4.69, 9.17) is 0 Å². The number of nitrogens with zero attached hydrogens (tertiary/aromatic N) is 3. The topological polar surface area (TPSA) is 55.2 Å². The molecule has 3 rings (SSSR count). The zero-order valence-electron chi connectivity index (χ0n) is 12.6. The zero-order chi connectivity index (χ0) is 15.5. The van der Waals surface area contributed by atoms with Gasteiger partial charge in [0.05, 0.1) is 12.4 Å². The number of likely N-dealkylation sites (tertiary alicyclic amines) is 1. The lowest BCUT2D eigenvalue weighted by molar-refractivity contribution is -0.141. The highest BCUT2D eigenvalue weighted by molar-refractivity contribution is 6.39. The predicted molar refractivity (Wildman–Crippen MR) is 81.9 cm³/mol. The van der Waals surface area contributed by atoms with Crippen LogP contribution in [0.15, 0.2) is 49.1 Å². The van der Waals surface area contributed by atoms with E-state index in [0.717, 1.165) is 18.5 Å². The van der Waals surface area contributed by atoms with Gasteiger partial charge < -0.3 is 9.47 Å². The number of imidazole rings is 1.